The molecular weight excluding hydrogens is 153 g/mol. The summed E-state index contributed by atoms with van der Waals surface area (Å²) in [5.41, 5.74) is 0. The van der Waals surface area contributed by atoms with Crippen LogP contribution in [0.25, 0.3) is 0 Å². The normalized spacial score (nSPS) is 24.5. The molecular formula is C10H22FN. The number of likely N-dealkylation sites (tertiary alicyclic amines) is 1. The molecule has 0 bridgehead atoms. The highest BCUT2D eigenvalue weighted by atomic mass is 19.1. The van der Waals surface area contributed by atoms with Crippen molar-refractivity contribution < 1.29 is 4.39 Å². The minimum absolute atomic E-state index is 0.188. The Morgan fingerprint density at radius 2 is 2.08 bits per heavy atom. The molecule has 0 N–H and O–H groups in total. The molecule has 12 heavy (non-hydrogen) atoms. The van der Waals surface area contributed by atoms with Crippen molar-refractivity contribution in [1.29, 1.82) is 0 Å². The molecule has 1 rings (SSSR count). The van der Waals surface area contributed by atoms with Gasteiger partial charge in [-0.3, -0.25) is 0 Å². The maximum atomic E-state index is 11.9. The summed E-state index contributed by atoms with van der Waals surface area (Å²) in [5.74, 6) is 0.778. The lowest BCUT2D eigenvalue weighted by molar-refractivity contribution is 0.172. The average molecular weight is 175 g/mol. The second kappa shape index (κ2) is 7.53. The highest BCUT2D eigenvalue weighted by Gasteiger charge is 2.14. The van der Waals surface area contributed by atoms with Crippen LogP contribution in [0.15, 0.2) is 0 Å². The van der Waals surface area contributed by atoms with Gasteiger partial charge in [0.1, 0.15) is 6.67 Å². The summed E-state index contributed by atoms with van der Waals surface area (Å²) >= 11 is 0. The Balaban J connectivity index is 0.000000561. The van der Waals surface area contributed by atoms with Crippen molar-refractivity contribution in [2.75, 3.05) is 26.3 Å². The Kier molecular flexibility index (Phi) is 7.47. The number of alkyl halides is 1. The van der Waals surface area contributed by atoms with Gasteiger partial charge in [0.25, 0.3) is 0 Å². The summed E-state index contributed by atoms with van der Waals surface area (Å²) in [7, 11) is 0. The Hall–Kier alpha value is -0.110. The fourth-order valence-corrected chi connectivity index (χ4v) is 1.61. The molecule has 1 aliphatic rings. The summed E-state index contributed by atoms with van der Waals surface area (Å²) in [6.45, 7) is 8.90. The molecule has 74 valence electrons. The van der Waals surface area contributed by atoms with Gasteiger partial charge in [-0.25, -0.2) is 4.39 Å². The zero-order valence-corrected chi connectivity index (χ0v) is 8.65. The molecule has 1 unspecified atom stereocenters. The van der Waals surface area contributed by atoms with Gasteiger partial charge in [-0.1, -0.05) is 20.8 Å². The second-order valence-corrected chi connectivity index (χ2v) is 3.24. The first kappa shape index (κ1) is 11.9. The number of hydrogen-bond donors (Lipinski definition) is 0. The van der Waals surface area contributed by atoms with E-state index in [2.05, 4.69) is 11.8 Å². The van der Waals surface area contributed by atoms with Crippen LogP contribution >= 0.6 is 0 Å². The van der Waals surface area contributed by atoms with Gasteiger partial charge in [-0.15, -0.1) is 0 Å². The Bertz CT molecular complexity index is 93.8. The third-order valence-corrected chi connectivity index (χ3v) is 2.14. The summed E-state index contributed by atoms with van der Waals surface area (Å²) in [6.07, 6.45) is 2.57. The van der Waals surface area contributed by atoms with Gasteiger partial charge in [0, 0.05) is 13.1 Å². The van der Waals surface area contributed by atoms with Gasteiger partial charge in [0.05, 0.1) is 0 Å². The summed E-state index contributed by atoms with van der Waals surface area (Å²) in [6, 6.07) is 0. The van der Waals surface area contributed by atoms with Gasteiger partial charge >= 0.3 is 0 Å². The van der Waals surface area contributed by atoms with E-state index in [1.165, 1.54) is 12.8 Å². The van der Waals surface area contributed by atoms with Crippen molar-refractivity contribution in [1.82, 2.24) is 4.90 Å². The smallest absolute Gasteiger partial charge is 0.102 e. The van der Waals surface area contributed by atoms with E-state index in [0.29, 0.717) is 6.54 Å². The number of hydrogen-bond acceptors (Lipinski definition) is 1. The highest BCUT2D eigenvalue weighted by Crippen LogP contribution is 2.14. The van der Waals surface area contributed by atoms with E-state index in [1.54, 1.807) is 0 Å². The fourth-order valence-electron chi connectivity index (χ4n) is 1.61. The van der Waals surface area contributed by atoms with Crippen LogP contribution in [0.5, 0.6) is 0 Å². The Labute approximate surface area is 75.9 Å². The van der Waals surface area contributed by atoms with Crippen LogP contribution in [-0.4, -0.2) is 31.2 Å². The van der Waals surface area contributed by atoms with Crippen molar-refractivity contribution in [3.63, 3.8) is 0 Å². The largest absolute Gasteiger partial charge is 0.300 e. The van der Waals surface area contributed by atoms with Crippen molar-refractivity contribution >= 4 is 0 Å². The predicted octanol–water partition coefficient (Wildman–Crippen LogP) is 2.71. The zero-order chi connectivity index (χ0) is 9.40. The third-order valence-electron chi connectivity index (χ3n) is 2.14. The molecule has 0 saturated carbocycles. The minimum Gasteiger partial charge on any atom is -0.300 e. The first-order chi connectivity index (χ1) is 5.83. The van der Waals surface area contributed by atoms with Crippen molar-refractivity contribution in [2.45, 2.75) is 33.6 Å². The molecule has 1 atom stereocenters. The third kappa shape index (κ3) is 4.70. The SMILES string of the molecule is CC.CC1CCCN(CCF)C1. The molecule has 0 aromatic carbocycles. The Morgan fingerprint density at radius 1 is 1.42 bits per heavy atom. The molecule has 1 heterocycles. The minimum atomic E-state index is -0.188. The molecule has 0 aliphatic carbocycles. The van der Waals surface area contributed by atoms with Crippen LogP contribution in [0.3, 0.4) is 0 Å². The molecule has 1 aliphatic heterocycles. The van der Waals surface area contributed by atoms with Crippen LogP contribution in [-0.2, 0) is 0 Å². The topological polar surface area (TPSA) is 3.24 Å². The fraction of sp³-hybridized carbons (Fsp3) is 1.00. The first-order valence-corrected chi connectivity index (χ1v) is 5.11. The van der Waals surface area contributed by atoms with E-state index in [9.17, 15) is 4.39 Å². The average Bonchev–Trinajstić information content (AvgIpc) is 2.09. The molecule has 0 radical (unpaired) electrons. The number of rotatable bonds is 2. The highest BCUT2D eigenvalue weighted by molar-refractivity contribution is 4.68. The molecule has 1 saturated heterocycles. The summed E-state index contributed by atoms with van der Waals surface area (Å²) < 4.78 is 11.9. The summed E-state index contributed by atoms with van der Waals surface area (Å²) in [5, 5.41) is 0. The monoisotopic (exact) mass is 175 g/mol. The number of halogens is 1. The predicted molar refractivity (Wildman–Crippen MR) is 52.2 cm³/mol. The molecule has 1 fully saturated rings. The van der Waals surface area contributed by atoms with Crippen molar-refractivity contribution in [3.8, 4) is 0 Å². The first-order valence-electron chi connectivity index (χ1n) is 5.11. The molecule has 0 aromatic heterocycles. The van der Waals surface area contributed by atoms with Gasteiger partial charge in [-0.2, -0.15) is 0 Å². The van der Waals surface area contributed by atoms with Crippen molar-refractivity contribution in [2.24, 2.45) is 5.92 Å². The van der Waals surface area contributed by atoms with Crippen LogP contribution in [0.4, 0.5) is 4.39 Å². The van der Waals surface area contributed by atoms with E-state index in [4.69, 9.17) is 0 Å². The van der Waals surface area contributed by atoms with Gasteiger partial charge < -0.3 is 4.90 Å². The molecule has 2 heteroatoms. The Morgan fingerprint density at radius 3 is 2.58 bits per heavy atom. The quantitative estimate of drug-likeness (QED) is 0.623. The van der Waals surface area contributed by atoms with E-state index >= 15 is 0 Å². The lowest BCUT2D eigenvalue weighted by Gasteiger charge is -2.29. The van der Waals surface area contributed by atoms with Crippen LogP contribution in [0, 0.1) is 5.92 Å². The maximum Gasteiger partial charge on any atom is 0.102 e. The van der Waals surface area contributed by atoms with Gasteiger partial charge in [-0.05, 0) is 25.3 Å². The van der Waals surface area contributed by atoms with E-state index < -0.39 is 0 Å². The number of nitrogens with zero attached hydrogens (tertiary/aromatic N) is 1. The number of piperidine rings is 1. The lowest BCUT2D eigenvalue weighted by Crippen LogP contribution is -2.35. The van der Waals surface area contributed by atoms with E-state index in [-0.39, 0.29) is 6.67 Å². The lowest BCUT2D eigenvalue weighted by atomic mass is 10.0. The van der Waals surface area contributed by atoms with E-state index in [0.717, 1.165) is 19.0 Å². The zero-order valence-electron chi connectivity index (χ0n) is 8.65. The van der Waals surface area contributed by atoms with E-state index in [1.807, 2.05) is 13.8 Å². The molecule has 0 aromatic rings. The van der Waals surface area contributed by atoms with Crippen molar-refractivity contribution in [3.05, 3.63) is 0 Å². The maximum absolute atomic E-state index is 11.9. The molecule has 1 nitrogen and oxygen atoms in total. The van der Waals surface area contributed by atoms with Gasteiger partial charge in [0.15, 0.2) is 0 Å². The van der Waals surface area contributed by atoms with Crippen LogP contribution < -0.4 is 0 Å². The van der Waals surface area contributed by atoms with Gasteiger partial charge in [0.2, 0.25) is 0 Å². The standard InChI is InChI=1S/C8H16FN.C2H6/c1-8-3-2-5-10(7-8)6-4-9;1-2/h8H,2-7H2,1H3;1-2H3. The molecule has 0 spiro atoms. The second-order valence-electron chi connectivity index (χ2n) is 3.24. The molecule has 0 amide bonds. The summed E-state index contributed by atoms with van der Waals surface area (Å²) in [4.78, 5) is 2.22. The van der Waals surface area contributed by atoms with Crippen LogP contribution in [0.2, 0.25) is 0 Å². The van der Waals surface area contributed by atoms with Crippen LogP contribution in [0.1, 0.15) is 33.6 Å².